The summed E-state index contributed by atoms with van der Waals surface area (Å²) in [5.74, 6) is 0. The van der Waals surface area contributed by atoms with Crippen LogP contribution < -0.4 is 0 Å². The van der Waals surface area contributed by atoms with E-state index >= 15 is 0 Å². The van der Waals surface area contributed by atoms with Crippen LogP contribution in [0.25, 0.3) is 0 Å². The van der Waals surface area contributed by atoms with E-state index in [1.54, 1.807) is 6.08 Å². The Bertz CT molecular complexity index is 420. The molecule has 0 aliphatic carbocycles. The molecule has 0 saturated heterocycles. The standard InChI is InChI=1S/C12H10S4/c1-3-9(2)11(13)15-16-12(14)10-7-5-4-6-8-10/h3-8H,1-2H2. The Labute approximate surface area is 115 Å². The highest BCUT2D eigenvalue weighted by molar-refractivity contribution is 8.90. The van der Waals surface area contributed by atoms with Crippen molar-refractivity contribution in [2.75, 3.05) is 0 Å². The summed E-state index contributed by atoms with van der Waals surface area (Å²) in [6, 6.07) is 9.87. The van der Waals surface area contributed by atoms with E-state index in [9.17, 15) is 0 Å². The first-order chi connectivity index (χ1) is 7.65. The van der Waals surface area contributed by atoms with E-state index in [0.29, 0.717) is 0 Å². The molecule has 1 aromatic rings. The Morgan fingerprint density at radius 2 is 1.75 bits per heavy atom. The minimum Gasteiger partial charge on any atom is -0.0984 e. The van der Waals surface area contributed by atoms with Gasteiger partial charge in [-0.05, 0) is 32.7 Å². The fraction of sp³-hybridized carbons (Fsp3) is 0. The van der Waals surface area contributed by atoms with Crippen molar-refractivity contribution in [2.24, 2.45) is 0 Å². The van der Waals surface area contributed by atoms with Gasteiger partial charge in [0.1, 0.15) is 0 Å². The molecular weight excluding hydrogens is 272 g/mol. The third-order valence-electron chi connectivity index (χ3n) is 1.71. The second kappa shape index (κ2) is 7.01. The maximum absolute atomic E-state index is 5.29. The summed E-state index contributed by atoms with van der Waals surface area (Å²) in [6.07, 6.45) is 1.65. The van der Waals surface area contributed by atoms with Crippen LogP contribution in [0.4, 0.5) is 0 Å². The van der Waals surface area contributed by atoms with Crippen LogP contribution in [0.15, 0.2) is 55.1 Å². The van der Waals surface area contributed by atoms with E-state index in [4.69, 9.17) is 24.4 Å². The molecule has 0 radical (unpaired) electrons. The lowest BCUT2D eigenvalue weighted by atomic mass is 10.2. The first kappa shape index (κ1) is 13.6. The molecule has 1 aromatic carbocycles. The molecule has 0 aromatic heterocycles. The molecule has 0 aliphatic heterocycles. The number of rotatable bonds is 3. The van der Waals surface area contributed by atoms with Gasteiger partial charge in [-0.3, -0.25) is 0 Å². The first-order valence-electron chi connectivity index (χ1n) is 4.44. The van der Waals surface area contributed by atoms with Crippen LogP contribution in [0, 0.1) is 0 Å². The predicted molar refractivity (Wildman–Crippen MR) is 85.3 cm³/mol. The molecule has 82 valence electrons. The average molecular weight is 282 g/mol. The highest BCUT2D eigenvalue weighted by Crippen LogP contribution is 2.30. The lowest BCUT2D eigenvalue weighted by molar-refractivity contribution is 1.69. The molecule has 0 atom stereocenters. The van der Waals surface area contributed by atoms with Gasteiger partial charge in [-0.25, -0.2) is 0 Å². The van der Waals surface area contributed by atoms with Crippen LogP contribution in [0.3, 0.4) is 0 Å². The number of benzene rings is 1. The lowest BCUT2D eigenvalue weighted by Gasteiger charge is -2.03. The summed E-state index contributed by atoms with van der Waals surface area (Å²) in [5, 5.41) is 0. The maximum Gasteiger partial charge on any atom is 0.0888 e. The van der Waals surface area contributed by atoms with E-state index in [-0.39, 0.29) is 0 Å². The Kier molecular flexibility index (Phi) is 5.98. The molecule has 0 unspecified atom stereocenters. The van der Waals surface area contributed by atoms with E-state index < -0.39 is 0 Å². The number of hydrogen-bond acceptors (Lipinski definition) is 4. The summed E-state index contributed by atoms with van der Waals surface area (Å²) < 4.78 is 1.54. The van der Waals surface area contributed by atoms with Crippen LogP contribution in [0.1, 0.15) is 5.56 Å². The van der Waals surface area contributed by atoms with Gasteiger partial charge < -0.3 is 0 Å². The third-order valence-corrected chi connectivity index (χ3v) is 5.48. The zero-order chi connectivity index (χ0) is 12.0. The molecule has 0 N–H and O–H groups in total. The van der Waals surface area contributed by atoms with Gasteiger partial charge in [0.15, 0.2) is 0 Å². The smallest absolute Gasteiger partial charge is 0.0888 e. The van der Waals surface area contributed by atoms with Gasteiger partial charge in [0.05, 0.1) is 8.39 Å². The van der Waals surface area contributed by atoms with Crippen molar-refractivity contribution in [2.45, 2.75) is 0 Å². The quantitative estimate of drug-likeness (QED) is 0.337. The fourth-order valence-electron chi connectivity index (χ4n) is 0.835. The molecule has 0 bridgehead atoms. The summed E-state index contributed by atoms with van der Waals surface area (Å²) in [6.45, 7) is 7.41. The Morgan fingerprint density at radius 1 is 1.12 bits per heavy atom. The van der Waals surface area contributed by atoms with E-state index in [1.165, 1.54) is 21.6 Å². The highest BCUT2D eigenvalue weighted by atomic mass is 33.1. The van der Waals surface area contributed by atoms with Gasteiger partial charge in [-0.2, -0.15) is 0 Å². The molecule has 0 nitrogen and oxygen atoms in total. The van der Waals surface area contributed by atoms with Gasteiger partial charge in [0.25, 0.3) is 0 Å². The lowest BCUT2D eigenvalue weighted by Crippen LogP contribution is -1.91. The van der Waals surface area contributed by atoms with Crippen molar-refractivity contribution in [3.63, 3.8) is 0 Å². The van der Waals surface area contributed by atoms with Crippen molar-refractivity contribution in [3.05, 3.63) is 60.7 Å². The highest BCUT2D eigenvalue weighted by Gasteiger charge is 2.05. The molecular formula is C12H10S4. The molecule has 0 heterocycles. The van der Waals surface area contributed by atoms with Crippen molar-refractivity contribution in [1.29, 1.82) is 0 Å². The molecule has 4 heteroatoms. The van der Waals surface area contributed by atoms with Gasteiger partial charge in [0.2, 0.25) is 0 Å². The molecule has 0 spiro atoms. The zero-order valence-electron chi connectivity index (χ0n) is 8.51. The summed E-state index contributed by atoms with van der Waals surface area (Å²) in [4.78, 5) is 0. The van der Waals surface area contributed by atoms with E-state index in [1.807, 2.05) is 30.3 Å². The van der Waals surface area contributed by atoms with Crippen molar-refractivity contribution >= 4 is 54.4 Å². The topological polar surface area (TPSA) is 0 Å². The van der Waals surface area contributed by atoms with Crippen molar-refractivity contribution in [3.8, 4) is 0 Å². The first-order valence-corrected chi connectivity index (χ1v) is 7.41. The molecule has 0 aliphatic rings. The van der Waals surface area contributed by atoms with Crippen LogP contribution in [-0.4, -0.2) is 8.39 Å². The summed E-state index contributed by atoms with van der Waals surface area (Å²) >= 11 is 10.4. The molecule has 0 fully saturated rings. The van der Waals surface area contributed by atoms with Gasteiger partial charge in [-0.15, -0.1) is 0 Å². The normalized spacial score (nSPS) is 9.50. The molecule has 0 saturated carbocycles. The SMILES string of the molecule is C=CC(=C)C(=S)SSC(=S)c1ccccc1. The van der Waals surface area contributed by atoms with Crippen LogP contribution >= 0.6 is 46.0 Å². The number of allylic oxidation sites excluding steroid dienone is 1. The van der Waals surface area contributed by atoms with Gasteiger partial charge in [-0.1, -0.05) is 74.0 Å². The van der Waals surface area contributed by atoms with Crippen molar-refractivity contribution in [1.82, 2.24) is 0 Å². The number of thiocarbonyl (C=S) groups is 2. The Morgan fingerprint density at radius 3 is 2.31 bits per heavy atom. The fourth-order valence-corrected chi connectivity index (χ4v) is 3.30. The minimum absolute atomic E-state index is 0.721. The monoisotopic (exact) mass is 282 g/mol. The zero-order valence-corrected chi connectivity index (χ0v) is 11.8. The van der Waals surface area contributed by atoms with Crippen LogP contribution in [-0.2, 0) is 0 Å². The van der Waals surface area contributed by atoms with Gasteiger partial charge in [0, 0.05) is 0 Å². The largest absolute Gasteiger partial charge is 0.0984 e. The Balaban J connectivity index is 2.51. The summed E-state index contributed by atoms with van der Waals surface area (Å²) in [5.41, 5.74) is 1.81. The minimum atomic E-state index is 0.721. The molecule has 1 rings (SSSR count). The van der Waals surface area contributed by atoms with Gasteiger partial charge >= 0.3 is 0 Å². The molecule has 16 heavy (non-hydrogen) atoms. The summed E-state index contributed by atoms with van der Waals surface area (Å²) in [7, 11) is 2.93. The van der Waals surface area contributed by atoms with Crippen LogP contribution in [0.5, 0.6) is 0 Å². The maximum atomic E-state index is 5.29. The third kappa shape index (κ3) is 4.22. The second-order valence-corrected chi connectivity index (χ2v) is 6.32. The molecule has 0 amide bonds. The number of hydrogen-bond donors (Lipinski definition) is 0. The average Bonchev–Trinajstić information content (AvgIpc) is 2.35. The van der Waals surface area contributed by atoms with E-state index in [2.05, 4.69) is 13.2 Å². The van der Waals surface area contributed by atoms with Crippen LogP contribution in [0.2, 0.25) is 0 Å². The van der Waals surface area contributed by atoms with E-state index in [0.717, 1.165) is 19.5 Å². The predicted octanol–water partition coefficient (Wildman–Crippen LogP) is 4.81. The van der Waals surface area contributed by atoms with Crippen molar-refractivity contribution < 1.29 is 0 Å². The Hall–Kier alpha value is -0.420. The second-order valence-electron chi connectivity index (χ2n) is 2.84.